The van der Waals surface area contributed by atoms with Gasteiger partial charge in [-0.2, -0.15) is 4.89 Å². The Kier molecular flexibility index (Phi) is 4.07. The molecule has 2 N–H and O–H groups in total. The fourth-order valence-electron chi connectivity index (χ4n) is 0.762. The van der Waals surface area contributed by atoms with Gasteiger partial charge in [-0.3, -0.25) is 4.79 Å². The normalized spacial score (nSPS) is 12.1. The Morgan fingerprint density at radius 3 is 2.58 bits per heavy atom. The Morgan fingerprint density at radius 1 is 1.75 bits per heavy atom. The number of amides is 1. The lowest BCUT2D eigenvalue weighted by molar-refractivity contribution is -0.117. The zero-order chi connectivity index (χ0) is 9.78. The molecule has 4 nitrogen and oxygen atoms in total. The van der Waals surface area contributed by atoms with E-state index in [0.29, 0.717) is 0 Å². The molecule has 0 saturated carbocycles. The lowest BCUT2D eigenvalue weighted by Gasteiger charge is -2.19. The molecule has 0 fully saturated rings. The van der Waals surface area contributed by atoms with Crippen molar-refractivity contribution in [3.63, 3.8) is 0 Å². The summed E-state index contributed by atoms with van der Waals surface area (Å²) in [5.74, 6) is -0.336. The van der Waals surface area contributed by atoms with Crippen molar-refractivity contribution in [1.82, 2.24) is 5.32 Å². The highest BCUT2D eigenvalue weighted by molar-refractivity contribution is 7.38. The Balaban J connectivity index is 4.11. The van der Waals surface area contributed by atoms with E-state index in [1.54, 1.807) is 13.8 Å². The number of nitrogens with one attached hydrogen (secondary N) is 1. The van der Waals surface area contributed by atoms with E-state index in [1.165, 1.54) is 0 Å². The molecule has 68 valence electrons. The molecular weight excluding hydrogens is 177 g/mol. The summed E-state index contributed by atoms with van der Waals surface area (Å²) in [5, 5.41) is 2.54. The molecule has 0 radical (unpaired) electrons. The molecule has 0 spiro atoms. The van der Waals surface area contributed by atoms with Crippen LogP contribution in [0.4, 0.5) is 0 Å². The van der Waals surface area contributed by atoms with E-state index in [1.807, 2.05) is 0 Å². The highest BCUT2D eigenvalue weighted by atomic mass is 31.1. The third kappa shape index (κ3) is 4.99. The van der Waals surface area contributed by atoms with Crippen molar-refractivity contribution in [2.75, 3.05) is 6.16 Å². The molecule has 0 saturated heterocycles. The third-order valence-corrected chi connectivity index (χ3v) is 2.24. The quantitative estimate of drug-likeness (QED) is 0.509. The smallest absolute Gasteiger partial charge is 0.343 e. The zero-order valence-corrected chi connectivity index (χ0v) is 8.10. The molecule has 12 heavy (non-hydrogen) atoms. The van der Waals surface area contributed by atoms with E-state index < -0.39 is 13.6 Å². The van der Waals surface area contributed by atoms with Gasteiger partial charge < -0.3 is 5.32 Å². The first-order chi connectivity index (χ1) is 5.37. The zero-order valence-electron chi connectivity index (χ0n) is 7.20. The minimum atomic E-state index is -2.22. The van der Waals surface area contributed by atoms with Crippen LogP contribution in [0, 0.1) is 0 Å². The lowest BCUT2D eigenvalue weighted by atomic mass is 10.1. The molecule has 0 rings (SSSR count). The Hall–Kier alpha value is -0.730. The molecule has 0 aromatic rings. The predicted octanol–water partition coefficient (Wildman–Crippen LogP) is 0.802. The SMILES string of the molecule is C=CC(=O)NC(C)(C)C[P+](=O)O. The van der Waals surface area contributed by atoms with Gasteiger partial charge in [0.25, 0.3) is 0 Å². The van der Waals surface area contributed by atoms with Gasteiger partial charge in [-0.15, -0.1) is 0 Å². The minimum Gasteiger partial charge on any atom is -0.343 e. The molecule has 0 heterocycles. The van der Waals surface area contributed by atoms with Crippen LogP contribution in [0.1, 0.15) is 13.8 Å². The van der Waals surface area contributed by atoms with Gasteiger partial charge in [0, 0.05) is 0 Å². The van der Waals surface area contributed by atoms with Crippen LogP contribution in [0.2, 0.25) is 0 Å². The molecule has 0 bridgehead atoms. The fourth-order valence-corrected chi connectivity index (χ4v) is 1.52. The second kappa shape index (κ2) is 4.33. The maximum Gasteiger partial charge on any atom is 0.507 e. The molecule has 1 amide bonds. The van der Waals surface area contributed by atoms with Crippen LogP contribution < -0.4 is 5.32 Å². The summed E-state index contributed by atoms with van der Waals surface area (Å²) in [6.45, 7) is 6.63. The van der Waals surface area contributed by atoms with Crippen LogP contribution in [-0.2, 0) is 9.36 Å². The first kappa shape index (κ1) is 11.3. The molecule has 1 atom stereocenters. The lowest BCUT2D eigenvalue weighted by Crippen LogP contribution is -2.44. The van der Waals surface area contributed by atoms with Crippen molar-refractivity contribution in [3.8, 4) is 0 Å². The van der Waals surface area contributed by atoms with E-state index in [2.05, 4.69) is 11.9 Å². The van der Waals surface area contributed by atoms with Crippen LogP contribution >= 0.6 is 8.03 Å². The second-order valence-electron chi connectivity index (χ2n) is 3.09. The molecule has 0 aliphatic carbocycles. The van der Waals surface area contributed by atoms with Crippen molar-refractivity contribution in [2.24, 2.45) is 0 Å². The van der Waals surface area contributed by atoms with Crippen LogP contribution in [0.25, 0.3) is 0 Å². The maximum atomic E-state index is 10.8. The Morgan fingerprint density at radius 2 is 2.25 bits per heavy atom. The fraction of sp³-hybridized carbons (Fsp3) is 0.571. The summed E-state index contributed by atoms with van der Waals surface area (Å²) >= 11 is 0. The van der Waals surface area contributed by atoms with Crippen LogP contribution in [0.15, 0.2) is 12.7 Å². The number of hydrogen-bond acceptors (Lipinski definition) is 2. The summed E-state index contributed by atoms with van der Waals surface area (Å²) in [6, 6.07) is 0. The number of hydrogen-bond donors (Lipinski definition) is 2. The van der Waals surface area contributed by atoms with E-state index >= 15 is 0 Å². The van der Waals surface area contributed by atoms with Gasteiger partial charge in [-0.25, -0.2) is 0 Å². The average Bonchev–Trinajstić information content (AvgIpc) is 1.83. The monoisotopic (exact) mass is 190 g/mol. The molecule has 1 unspecified atom stereocenters. The summed E-state index contributed by atoms with van der Waals surface area (Å²) in [5.41, 5.74) is -0.659. The van der Waals surface area contributed by atoms with Crippen molar-refractivity contribution in [2.45, 2.75) is 19.4 Å². The van der Waals surface area contributed by atoms with Crippen molar-refractivity contribution in [3.05, 3.63) is 12.7 Å². The van der Waals surface area contributed by atoms with Gasteiger partial charge >= 0.3 is 8.03 Å². The predicted molar refractivity (Wildman–Crippen MR) is 47.1 cm³/mol. The van der Waals surface area contributed by atoms with Gasteiger partial charge in [0.2, 0.25) is 5.91 Å². The Bertz CT molecular complexity index is 213. The first-order valence-electron chi connectivity index (χ1n) is 3.45. The van der Waals surface area contributed by atoms with E-state index in [-0.39, 0.29) is 12.1 Å². The van der Waals surface area contributed by atoms with E-state index in [0.717, 1.165) is 6.08 Å². The summed E-state index contributed by atoms with van der Waals surface area (Å²) in [4.78, 5) is 19.4. The van der Waals surface area contributed by atoms with Crippen molar-refractivity contribution < 1.29 is 14.3 Å². The van der Waals surface area contributed by atoms with E-state index in [9.17, 15) is 9.36 Å². The molecular formula is C7H13NO3P+. The average molecular weight is 190 g/mol. The summed E-state index contributed by atoms with van der Waals surface area (Å²) < 4.78 is 10.5. The van der Waals surface area contributed by atoms with Crippen LogP contribution in [0.3, 0.4) is 0 Å². The molecule has 5 heteroatoms. The third-order valence-electron chi connectivity index (χ3n) is 1.18. The second-order valence-corrected chi connectivity index (χ2v) is 4.11. The minimum absolute atomic E-state index is 0.0436. The van der Waals surface area contributed by atoms with Gasteiger partial charge in [-0.1, -0.05) is 6.58 Å². The van der Waals surface area contributed by atoms with Gasteiger partial charge in [0.1, 0.15) is 0 Å². The van der Waals surface area contributed by atoms with Crippen molar-refractivity contribution in [1.29, 1.82) is 0 Å². The molecule has 0 aromatic heterocycles. The molecule has 0 aliphatic heterocycles. The maximum absolute atomic E-state index is 10.8. The van der Waals surface area contributed by atoms with Gasteiger partial charge in [0.15, 0.2) is 6.16 Å². The standard InChI is InChI=1S/C7H12NO3P/c1-4-6(9)8-7(2,3)5-12(10)11/h4H,1,5H2,2-3H3,(H-,8,9,10,11)/p+1. The molecule has 0 aromatic carbocycles. The van der Waals surface area contributed by atoms with E-state index in [4.69, 9.17) is 4.89 Å². The number of carbonyl (C=O) groups is 1. The highest BCUT2D eigenvalue weighted by Gasteiger charge is 2.29. The molecule has 0 aliphatic rings. The number of carbonyl (C=O) groups excluding carboxylic acids is 1. The van der Waals surface area contributed by atoms with Crippen LogP contribution in [-0.4, -0.2) is 22.5 Å². The first-order valence-corrected chi connectivity index (χ1v) is 4.85. The van der Waals surface area contributed by atoms with Crippen molar-refractivity contribution >= 4 is 13.9 Å². The van der Waals surface area contributed by atoms with Crippen LogP contribution in [0.5, 0.6) is 0 Å². The summed E-state index contributed by atoms with van der Waals surface area (Å²) in [6.07, 6.45) is 1.17. The topological polar surface area (TPSA) is 66.4 Å². The Labute approximate surface area is 72.5 Å². The largest absolute Gasteiger partial charge is 0.507 e. The highest BCUT2D eigenvalue weighted by Crippen LogP contribution is 2.20. The summed E-state index contributed by atoms with van der Waals surface area (Å²) in [7, 11) is -2.22. The van der Waals surface area contributed by atoms with Gasteiger partial charge in [-0.05, 0) is 24.5 Å². The number of rotatable bonds is 4. The van der Waals surface area contributed by atoms with Gasteiger partial charge in [0.05, 0.1) is 5.54 Å².